The van der Waals surface area contributed by atoms with E-state index in [1.807, 2.05) is 13.0 Å². The lowest BCUT2D eigenvalue weighted by atomic mass is 10.1. The van der Waals surface area contributed by atoms with E-state index in [2.05, 4.69) is 33.7 Å². The fourth-order valence-electron chi connectivity index (χ4n) is 2.14. The number of halogens is 1. The average molecular weight is 384 g/mol. The molecule has 0 spiro atoms. The molecule has 2 amide bonds. The average Bonchev–Trinajstić information content (AvgIpc) is 2.99. The number of hydrazine groups is 1. The molecule has 7 heteroatoms. The largest absolute Gasteiger partial charge is 0.345 e. The fourth-order valence-corrected chi connectivity index (χ4v) is 3.63. The molecule has 0 atom stereocenters. The number of thiophene rings is 1. The van der Waals surface area contributed by atoms with E-state index in [9.17, 15) is 9.59 Å². The molecule has 0 aliphatic carbocycles. The predicted octanol–water partition coefficient (Wildman–Crippen LogP) is 3.18. The molecule has 118 valence electrons. The fraction of sp³-hybridized carbons (Fsp3) is 0.333. The molecule has 0 saturated carbocycles. The first-order chi connectivity index (χ1) is 10.4. The first kappa shape index (κ1) is 16.8. The van der Waals surface area contributed by atoms with Crippen LogP contribution in [0.25, 0.3) is 0 Å². The molecule has 22 heavy (non-hydrogen) atoms. The summed E-state index contributed by atoms with van der Waals surface area (Å²) in [6, 6.07) is 3.58. The van der Waals surface area contributed by atoms with Crippen molar-refractivity contribution in [2.45, 2.75) is 26.7 Å². The third kappa shape index (κ3) is 3.78. The lowest BCUT2D eigenvalue weighted by Gasteiger charge is -2.06. The van der Waals surface area contributed by atoms with E-state index in [0.29, 0.717) is 10.6 Å². The van der Waals surface area contributed by atoms with Gasteiger partial charge in [-0.1, -0.05) is 13.3 Å². The van der Waals surface area contributed by atoms with Gasteiger partial charge in [0.15, 0.2) is 0 Å². The van der Waals surface area contributed by atoms with Crippen LogP contribution in [0.5, 0.6) is 0 Å². The Bertz CT molecular complexity index is 706. The van der Waals surface area contributed by atoms with Crippen LogP contribution in [0.1, 0.15) is 43.9 Å². The minimum absolute atomic E-state index is 0.294. The molecule has 0 radical (unpaired) electrons. The van der Waals surface area contributed by atoms with Gasteiger partial charge in [0.25, 0.3) is 11.8 Å². The van der Waals surface area contributed by atoms with Crippen LogP contribution in [-0.2, 0) is 13.5 Å². The molecule has 2 aromatic rings. The van der Waals surface area contributed by atoms with Crippen molar-refractivity contribution in [2.75, 3.05) is 0 Å². The number of aromatic nitrogens is 1. The van der Waals surface area contributed by atoms with Gasteiger partial charge in [0, 0.05) is 22.6 Å². The molecule has 0 aromatic carbocycles. The number of carbonyl (C=O) groups is 2. The van der Waals surface area contributed by atoms with Crippen LogP contribution in [0, 0.1) is 6.92 Å². The summed E-state index contributed by atoms with van der Waals surface area (Å²) in [7, 11) is 1.77. The lowest BCUT2D eigenvalue weighted by Crippen LogP contribution is -2.41. The summed E-state index contributed by atoms with van der Waals surface area (Å²) in [5, 5.41) is 0. The summed E-state index contributed by atoms with van der Waals surface area (Å²) in [6.45, 7) is 4.11. The highest BCUT2D eigenvalue weighted by Gasteiger charge is 2.15. The van der Waals surface area contributed by atoms with Gasteiger partial charge in [0.05, 0.1) is 4.88 Å². The number of carbonyl (C=O) groups excluding carboxylic acids is 2. The normalized spacial score (nSPS) is 10.5. The number of hydrogen-bond acceptors (Lipinski definition) is 3. The molecule has 0 aliphatic heterocycles. The topological polar surface area (TPSA) is 63.1 Å². The maximum atomic E-state index is 12.1. The van der Waals surface area contributed by atoms with E-state index in [0.717, 1.165) is 22.2 Å². The highest BCUT2D eigenvalue weighted by atomic mass is 79.9. The van der Waals surface area contributed by atoms with Crippen molar-refractivity contribution in [2.24, 2.45) is 7.05 Å². The molecule has 2 aromatic heterocycles. The number of hydrogen-bond donors (Lipinski definition) is 2. The summed E-state index contributed by atoms with van der Waals surface area (Å²) in [6.07, 6.45) is 3.77. The molecule has 0 fully saturated rings. The second-order valence-electron chi connectivity index (χ2n) is 5.00. The zero-order chi connectivity index (χ0) is 16.3. The standard InChI is InChI=1S/C15H18BrN3O2S/c1-4-5-10-6-13(22-9(10)2)15(21)18-17-14(20)12-7-11(16)8-19(12)3/h6-8H,4-5H2,1-3H3,(H,17,20)(H,18,21). The van der Waals surface area contributed by atoms with E-state index in [1.165, 1.54) is 16.9 Å². The minimum atomic E-state index is -0.358. The van der Waals surface area contributed by atoms with Gasteiger partial charge < -0.3 is 4.57 Å². The van der Waals surface area contributed by atoms with Gasteiger partial charge in [-0.3, -0.25) is 20.4 Å². The first-order valence-electron chi connectivity index (χ1n) is 6.94. The third-order valence-corrected chi connectivity index (χ3v) is 4.78. The smallest absolute Gasteiger partial charge is 0.286 e. The molecule has 0 unspecified atom stereocenters. The van der Waals surface area contributed by atoms with Gasteiger partial charge in [-0.05, 0) is 47.0 Å². The van der Waals surface area contributed by atoms with Gasteiger partial charge in [0.2, 0.25) is 0 Å². The Morgan fingerprint density at radius 2 is 1.95 bits per heavy atom. The van der Waals surface area contributed by atoms with Crippen molar-refractivity contribution in [1.82, 2.24) is 15.4 Å². The van der Waals surface area contributed by atoms with Gasteiger partial charge in [-0.15, -0.1) is 11.3 Å². The van der Waals surface area contributed by atoms with Crippen molar-refractivity contribution in [1.29, 1.82) is 0 Å². The van der Waals surface area contributed by atoms with Gasteiger partial charge >= 0.3 is 0 Å². The maximum absolute atomic E-state index is 12.1. The Hall–Kier alpha value is -1.60. The Kier molecular flexibility index (Phi) is 5.42. The van der Waals surface area contributed by atoms with Crippen molar-refractivity contribution >= 4 is 39.1 Å². The zero-order valence-electron chi connectivity index (χ0n) is 12.7. The van der Waals surface area contributed by atoms with E-state index >= 15 is 0 Å². The van der Waals surface area contributed by atoms with E-state index < -0.39 is 0 Å². The second kappa shape index (κ2) is 7.11. The minimum Gasteiger partial charge on any atom is -0.345 e. The van der Waals surface area contributed by atoms with Crippen LogP contribution in [0.2, 0.25) is 0 Å². The highest BCUT2D eigenvalue weighted by molar-refractivity contribution is 9.10. The molecule has 2 heterocycles. The van der Waals surface area contributed by atoms with Crippen LogP contribution in [0.3, 0.4) is 0 Å². The van der Waals surface area contributed by atoms with Crippen LogP contribution in [0.15, 0.2) is 22.8 Å². The molecule has 2 rings (SSSR count). The Balaban J connectivity index is 1.99. The van der Waals surface area contributed by atoms with Gasteiger partial charge in [0.1, 0.15) is 5.69 Å². The lowest BCUT2D eigenvalue weighted by molar-refractivity contribution is 0.0844. The predicted molar refractivity (Wildman–Crippen MR) is 91.1 cm³/mol. The number of nitrogens with zero attached hydrogens (tertiary/aromatic N) is 1. The molecule has 0 bridgehead atoms. The first-order valence-corrected chi connectivity index (χ1v) is 8.55. The van der Waals surface area contributed by atoms with Crippen molar-refractivity contribution in [3.63, 3.8) is 0 Å². The van der Waals surface area contributed by atoms with Gasteiger partial charge in [-0.2, -0.15) is 0 Å². The molecule has 0 saturated heterocycles. The van der Waals surface area contributed by atoms with Crippen LogP contribution in [-0.4, -0.2) is 16.4 Å². The van der Waals surface area contributed by atoms with Gasteiger partial charge in [-0.25, -0.2) is 0 Å². The number of nitrogens with one attached hydrogen (secondary N) is 2. The van der Waals surface area contributed by atoms with E-state index in [-0.39, 0.29) is 11.8 Å². The highest BCUT2D eigenvalue weighted by Crippen LogP contribution is 2.22. The monoisotopic (exact) mass is 383 g/mol. The van der Waals surface area contributed by atoms with Crippen LogP contribution < -0.4 is 10.9 Å². The van der Waals surface area contributed by atoms with E-state index in [1.54, 1.807) is 23.9 Å². The molecule has 5 nitrogen and oxygen atoms in total. The number of aryl methyl sites for hydroxylation is 3. The Morgan fingerprint density at radius 1 is 1.27 bits per heavy atom. The third-order valence-electron chi connectivity index (χ3n) is 3.26. The summed E-state index contributed by atoms with van der Waals surface area (Å²) in [5.41, 5.74) is 6.55. The Labute approximate surface area is 141 Å². The number of amides is 2. The summed E-state index contributed by atoms with van der Waals surface area (Å²) in [5.74, 6) is -0.652. The summed E-state index contributed by atoms with van der Waals surface area (Å²) in [4.78, 5) is 25.9. The zero-order valence-corrected chi connectivity index (χ0v) is 15.1. The molecule has 0 aliphatic rings. The van der Waals surface area contributed by atoms with Crippen LogP contribution >= 0.6 is 27.3 Å². The van der Waals surface area contributed by atoms with E-state index in [4.69, 9.17) is 0 Å². The SMILES string of the molecule is CCCc1cc(C(=O)NNC(=O)c2cc(Br)cn2C)sc1C. The number of rotatable bonds is 4. The molecular weight excluding hydrogens is 366 g/mol. The summed E-state index contributed by atoms with van der Waals surface area (Å²) < 4.78 is 2.49. The summed E-state index contributed by atoms with van der Waals surface area (Å²) >= 11 is 4.75. The van der Waals surface area contributed by atoms with Crippen LogP contribution in [0.4, 0.5) is 0 Å². The second-order valence-corrected chi connectivity index (χ2v) is 7.18. The Morgan fingerprint density at radius 3 is 2.55 bits per heavy atom. The molecular formula is C15H18BrN3O2S. The maximum Gasteiger partial charge on any atom is 0.286 e. The molecule has 2 N–H and O–H groups in total. The van der Waals surface area contributed by atoms with Crippen molar-refractivity contribution in [3.05, 3.63) is 43.8 Å². The van der Waals surface area contributed by atoms with Crippen molar-refractivity contribution in [3.8, 4) is 0 Å². The van der Waals surface area contributed by atoms with Crippen molar-refractivity contribution < 1.29 is 9.59 Å². The quantitative estimate of drug-likeness (QED) is 0.796.